The first-order valence-electron chi connectivity index (χ1n) is 11.6. The number of ether oxygens (including phenoxy) is 2. The minimum atomic E-state index is -0.593. The monoisotopic (exact) mass is 442 g/mol. The van der Waals surface area contributed by atoms with Gasteiger partial charge in [0.25, 0.3) is 0 Å². The van der Waals surface area contributed by atoms with Crippen molar-refractivity contribution >= 4 is 17.3 Å². The highest BCUT2D eigenvalue weighted by Crippen LogP contribution is 2.45. The zero-order valence-electron chi connectivity index (χ0n) is 20.1. The minimum Gasteiger partial charge on any atom is -0.391 e. The topological polar surface area (TPSA) is 110 Å². The molecule has 180 valence electrons. The molecule has 0 aromatic carbocycles. The number of aliphatic hydroxyl groups is 2. The van der Waals surface area contributed by atoms with Crippen LogP contribution in [-0.2, 0) is 23.9 Å². The summed E-state index contributed by atoms with van der Waals surface area (Å²) in [7, 11) is 0. The molecule has 0 radical (unpaired) electrons. The van der Waals surface area contributed by atoms with Crippen LogP contribution < -0.4 is 0 Å². The fourth-order valence-electron chi connectivity index (χ4n) is 4.23. The van der Waals surface area contributed by atoms with Gasteiger partial charge in [-0.05, 0) is 66.2 Å². The predicted octanol–water partition coefficient (Wildman–Crippen LogP) is 3.37. The first kappa shape index (κ1) is 27.9. The van der Waals surface area contributed by atoms with Crippen LogP contribution in [0.5, 0.6) is 0 Å². The molecule has 1 saturated heterocycles. The maximum atomic E-state index is 11.1. The van der Waals surface area contributed by atoms with E-state index >= 15 is 0 Å². The molecule has 0 unspecified atom stereocenters. The third kappa shape index (κ3) is 10.3. The maximum Gasteiger partial charge on any atom is 0.169 e. The van der Waals surface area contributed by atoms with Crippen LogP contribution in [0.3, 0.4) is 0 Å². The lowest BCUT2D eigenvalue weighted by Gasteiger charge is -2.22. The Bertz CT molecular complexity index is 583. The summed E-state index contributed by atoms with van der Waals surface area (Å²) in [6, 6.07) is 0. The molecular weight excluding hydrogens is 400 g/mol. The van der Waals surface area contributed by atoms with Gasteiger partial charge < -0.3 is 29.3 Å². The van der Waals surface area contributed by atoms with Crippen molar-refractivity contribution in [1.82, 2.24) is 0 Å². The van der Waals surface area contributed by atoms with Crippen LogP contribution in [-0.4, -0.2) is 57.8 Å². The van der Waals surface area contributed by atoms with E-state index in [1.54, 1.807) is 27.7 Å². The summed E-state index contributed by atoms with van der Waals surface area (Å²) in [5.74, 6) is 1.27. The number of Topliss-reactive ketones (excluding diaryl/α,β-unsaturated/α-hetero) is 3. The number of ketones is 3. The van der Waals surface area contributed by atoms with Gasteiger partial charge in [-0.3, -0.25) is 4.79 Å². The summed E-state index contributed by atoms with van der Waals surface area (Å²) in [5, 5.41) is 16.8. The van der Waals surface area contributed by atoms with Gasteiger partial charge in [-0.1, -0.05) is 0 Å². The van der Waals surface area contributed by atoms with E-state index in [1.807, 2.05) is 0 Å². The van der Waals surface area contributed by atoms with Crippen LogP contribution in [0.2, 0.25) is 0 Å². The van der Waals surface area contributed by atoms with Crippen LogP contribution in [0.1, 0.15) is 92.9 Å². The number of hydrogen-bond acceptors (Lipinski definition) is 7. The van der Waals surface area contributed by atoms with Crippen LogP contribution in [0, 0.1) is 11.8 Å². The summed E-state index contributed by atoms with van der Waals surface area (Å²) >= 11 is 0. The summed E-state index contributed by atoms with van der Waals surface area (Å²) in [5.41, 5.74) is 0. The highest BCUT2D eigenvalue weighted by molar-refractivity contribution is 5.82. The fraction of sp³-hybridized carbons (Fsp3) is 0.875. The van der Waals surface area contributed by atoms with Gasteiger partial charge in [-0.15, -0.1) is 0 Å². The van der Waals surface area contributed by atoms with Gasteiger partial charge in [0.05, 0.1) is 24.4 Å². The number of aliphatic hydroxyl groups excluding tert-OH is 2. The summed E-state index contributed by atoms with van der Waals surface area (Å²) in [4.78, 5) is 32.4. The number of carbonyl (C=O) groups is 3. The van der Waals surface area contributed by atoms with E-state index in [0.29, 0.717) is 43.3 Å². The fourth-order valence-corrected chi connectivity index (χ4v) is 4.23. The molecule has 2 saturated carbocycles. The van der Waals surface area contributed by atoms with Crippen molar-refractivity contribution in [3.8, 4) is 0 Å². The quantitative estimate of drug-likeness (QED) is 0.671. The zero-order valence-corrected chi connectivity index (χ0v) is 20.1. The van der Waals surface area contributed by atoms with Crippen molar-refractivity contribution in [2.75, 3.05) is 0 Å². The normalized spacial score (nSPS) is 30.8. The summed E-state index contributed by atoms with van der Waals surface area (Å²) in [6.07, 6.45) is 5.61. The van der Waals surface area contributed by atoms with Crippen LogP contribution in [0.15, 0.2) is 0 Å². The lowest BCUT2D eigenvalue weighted by atomic mass is 10.0. The van der Waals surface area contributed by atoms with E-state index in [2.05, 4.69) is 13.8 Å². The Morgan fingerprint density at radius 1 is 0.968 bits per heavy atom. The van der Waals surface area contributed by atoms with Gasteiger partial charge >= 0.3 is 0 Å². The van der Waals surface area contributed by atoms with Gasteiger partial charge in [0, 0.05) is 38.5 Å². The van der Waals surface area contributed by atoms with E-state index in [9.17, 15) is 14.4 Å². The molecule has 1 heterocycles. The molecule has 0 amide bonds. The van der Waals surface area contributed by atoms with Crippen molar-refractivity contribution in [3.63, 3.8) is 0 Å². The van der Waals surface area contributed by atoms with E-state index < -0.39 is 12.2 Å². The average Bonchev–Trinajstić information content (AvgIpc) is 3.28. The van der Waals surface area contributed by atoms with Crippen LogP contribution in [0.4, 0.5) is 0 Å². The zero-order chi connectivity index (χ0) is 23.8. The molecule has 2 aliphatic carbocycles. The molecular formula is C24H42O7. The lowest BCUT2D eigenvalue weighted by Crippen LogP contribution is -2.27. The molecule has 3 aliphatic rings. The average molecular weight is 443 g/mol. The second kappa shape index (κ2) is 12.8. The Morgan fingerprint density at radius 3 is 1.84 bits per heavy atom. The molecule has 1 spiro atoms. The van der Waals surface area contributed by atoms with Gasteiger partial charge in [-0.2, -0.15) is 0 Å². The first-order chi connectivity index (χ1) is 14.3. The van der Waals surface area contributed by atoms with E-state index in [-0.39, 0.29) is 29.6 Å². The Labute approximate surface area is 186 Å². The molecule has 2 N–H and O–H groups in total. The lowest BCUT2D eigenvalue weighted by molar-refractivity contribution is -0.169. The van der Waals surface area contributed by atoms with E-state index in [0.717, 1.165) is 25.7 Å². The molecule has 7 heteroatoms. The van der Waals surface area contributed by atoms with E-state index in [4.69, 9.17) is 19.7 Å². The van der Waals surface area contributed by atoms with Gasteiger partial charge in [0.1, 0.15) is 17.3 Å². The molecule has 3 rings (SSSR count). The van der Waals surface area contributed by atoms with Gasteiger partial charge in [0.15, 0.2) is 5.79 Å². The van der Waals surface area contributed by atoms with E-state index in [1.165, 1.54) is 0 Å². The minimum absolute atomic E-state index is 0.182. The largest absolute Gasteiger partial charge is 0.391 e. The van der Waals surface area contributed by atoms with Gasteiger partial charge in [-0.25, -0.2) is 0 Å². The van der Waals surface area contributed by atoms with Crippen LogP contribution >= 0.6 is 0 Å². The Hall–Kier alpha value is -1.15. The van der Waals surface area contributed by atoms with Crippen molar-refractivity contribution in [1.29, 1.82) is 0 Å². The first-order valence-corrected chi connectivity index (χ1v) is 11.6. The standard InChI is InChI=1S/C12H20O3.C8H12O2.C4H10O2/c1-8(13)6-11-4-5-12(7-11)14-9(2)10(3)15-12;1-6(9)4-7-2-3-8(10)5-7;1-3(5)4(2)6/h9-11H,4-7H2,1-3H3;7H,2-5H2,1H3;3-6H,1-2H3/t9-,10-,11+;7-;3-,4+/m01./s1. The third-order valence-electron chi connectivity index (χ3n) is 6.19. The predicted molar refractivity (Wildman–Crippen MR) is 117 cm³/mol. The molecule has 7 nitrogen and oxygen atoms in total. The van der Waals surface area contributed by atoms with Gasteiger partial charge in [0.2, 0.25) is 0 Å². The summed E-state index contributed by atoms with van der Waals surface area (Å²) in [6.45, 7) is 10.4. The number of hydrogen-bond donors (Lipinski definition) is 2. The smallest absolute Gasteiger partial charge is 0.169 e. The molecule has 6 atom stereocenters. The van der Waals surface area contributed by atoms with Crippen LogP contribution in [0.25, 0.3) is 0 Å². The van der Waals surface area contributed by atoms with Crippen molar-refractivity contribution in [2.45, 2.75) is 123 Å². The highest BCUT2D eigenvalue weighted by atomic mass is 16.8. The molecule has 31 heavy (non-hydrogen) atoms. The molecule has 0 aromatic rings. The molecule has 3 fully saturated rings. The Kier molecular flexibility index (Phi) is 11.5. The highest BCUT2D eigenvalue weighted by Gasteiger charge is 2.49. The Morgan fingerprint density at radius 2 is 1.45 bits per heavy atom. The van der Waals surface area contributed by atoms with Crippen molar-refractivity contribution in [2.24, 2.45) is 11.8 Å². The van der Waals surface area contributed by atoms with Crippen molar-refractivity contribution in [3.05, 3.63) is 0 Å². The number of carbonyl (C=O) groups excluding carboxylic acids is 3. The molecule has 1 aliphatic heterocycles. The second-order valence-electron chi connectivity index (χ2n) is 9.61. The SMILES string of the molecule is CC(=O)C[C@H]1CCC(=O)C1.CC(=O)C[C@H]1CCC2(C1)O[C@@H](C)[C@H](C)O2.C[C@H](O)[C@@H](C)O. The third-order valence-corrected chi connectivity index (χ3v) is 6.19. The van der Waals surface area contributed by atoms with Crippen molar-refractivity contribution < 1.29 is 34.1 Å². The Balaban J connectivity index is 0.000000260. The molecule has 0 bridgehead atoms. The maximum absolute atomic E-state index is 11.1. The molecule has 0 aromatic heterocycles. The second-order valence-corrected chi connectivity index (χ2v) is 9.61. The number of rotatable bonds is 5. The summed E-state index contributed by atoms with van der Waals surface area (Å²) < 4.78 is 11.8.